The highest BCUT2D eigenvalue weighted by atomic mass is 31.2. The van der Waals surface area contributed by atoms with E-state index < -0.39 is 26.2 Å². The van der Waals surface area contributed by atoms with Crippen LogP contribution in [0.25, 0.3) is 0 Å². The predicted molar refractivity (Wildman–Crippen MR) is 44.4 cm³/mol. The van der Waals surface area contributed by atoms with E-state index in [1.165, 1.54) is 0 Å². The van der Waals surface area contributed by atoms with Gasteiger partial charge in [-0.3, -0.25) is 4.52 Å². The highest BCUT2D eigenvalue weighted by Gasteiger charge is 2.34. The fourth-order valence-corrected chi connectivity index (χ4v) is 1.52. The summed E-state index contributed by atoms with van der Waals surface area (Å²) in [5.41, 5.74) is 11.4. The van der Waals surface area contributed by atoms with Crippen molar-refractivity contribution in [3.05, 3.63) is 0 Å². The van der Waals surface area contributed by atoms with Crippen molar-refractivity contribution in [2.45, 2.75) is 24.9 Å². The molecule has 1 unspecified atom stereocenters. The van der Waals surface area contributed by atoms with E-state index in [4.69, 9.17) is 20.7 Å². The molecule has 0 aromatic heterocycles. The maximum absolute atomic E-state index is 10.5. The molecule has 0 saturated carbocycles. The molecule has 0 bridgehead atoms. The summed E-state index contributed by atoms with van der Waals surface area (Å²) in [7, 11) is -4.01. The minimum Gasteiger partial charge on any atom is -0.388 e. The largest absolute Gasteiger partial charge is 0.400 e. The molecular weight excluding hydrogens is 213 g/mol. The Bertz CT molecular complexity index is 256. The van der Waals surface area contributed by atoms with Crippen LogP contribution in [0, 0.1) is 5.53 Å². The number of rotatable bonds is 4. The molecule has 0 amide bonds. The van der Waals surface area contributed by atoms with Gasteiger partial charge in [-0.15, -0.1) is 0 Å². The second-order valence-electron chi connectivity index (χ2n) is 2.94. The molecule has 0 aromatic carbocycles. The predicted octanol–water partition coefficient (Wildman–Crippen LogP) is -0.431. The third-order valence-corrected chi connectivity index (χ3v) is 2.26. The first-order valence-electron chi connectivity index (χ1n) is 3.88. The number of hydrogen-bond donors (Lipinski definition) is 4. The molecule has 0 aliphatic carbocycles. The lowest BCUT2D eigenvalue weighted by Crippen LogP contribution is -2.17. The average Bonchev–Trinajstić information content (AvgIpc) is 2.42. The topological polar surface area (TPSA) is 138 Å². The maximum Gasteiger partial charge on any atom is 0.400 e. The first-order chi connectivity index (χ1) is 6.42. The highest BCUT2D eigenvalue weighted by Crippen LogP contribution is 2.33. The lowest BCUT2D eigenvalue weighted by atomic mass is 10.2. The van der Waals surface area contributed by atoms with Crippen LogP contribution in [-0.4, -0.2) is 35.0 Å². The second-order valence-corrected chi connectivity index (χ2v) is 4.33. The molecule has 0 spiro atoms. The monoisotopic (exact) mass is 225 g/mol. The molecule has 1 aliphatic rings. The van der Waals surface area contributed by atoms with Gasteiger partial charge in [0.05, 0.1) is 12.7 Å². The van der Waals surface area contributed by atoms with E-state index in [2.05, 4.69) is 9.64 Å². The van der Waals surface area contributed by atoms with Crippen LogP contribution in [0.3, 0.4) is 0 Å². The zero-order chi connectivity index (χ0) is 10.8. The summed E-state index contributed by atoms with van der Waals surface area (Å²) in [4.78, 5) is 8.60. The Labute approximate surface area is 80.1 Å². The zero-order valence-corrected chi connectivity index (χ0v) is 8.13. The summed E-state index contributed by atoms with van der Waals surface area (Å²) in [6.45, 7) is -0.201. The Morgan fingerprint density at radius 3 is 2.86 bits per heavy atom. The highest BCUT2D eigenvalue weighted by molar-refractivity contribution is 7.50. The van der Waals surface area contributed by atoms with Crippen LogP contribution in [0.5, 0.6) is 0 Å². The number of nitrogens with zero attached hydrogens (tertiary/aromatic N) is 1. The number of aliphatic hydroxyl groups is 1. The van der Waals surface area contributed by atoms with E-state index in [1.54, 1.807) is 0 Å². The van der Waals surface area contributed by atoms with Gasteiger partial charge in [-0.25, -0.2) is 15.6 Å². The van der Waals surface area contributed by atoms with Crippen LogP contribution in [0.2, 0.25) is 0 Å². The summed E-state index contributed by atoms with van der Waals surface area (Å²) in [5, 5.41) is 12.3. The lowest BCUT2D eigenvalue weighted by Gasteiger charge is -2.11. The molecule has 0 aromatic rings. The second kappa shape index (κ2) is 4.43. The summed E-state index contributed by atoms with van der Waals surface area (Å²) in [5.74, 6) is 0. The first kappa shape index (κ1) is 11.7. The molecule has 14 heavy (non-hydrogen) atoms. The van der Waals surface area contributed by atoms with Crippen LogP contribution in [-0.2, 0) is 13.8 Å². The van der Waals surface area contributed by atoms with Crippen molar-refractivity contribution < 1.29 is 23.8 Å². The van der Waals surface area contributed by atoms with Gasteiger partial charge >= 0.3 is 7.75 Å². The maximum atomic E-state index is 10.5. The number of ether oxygens (including phenoxy) is 1. The van der Waals surface area contributed by atoms with Gasteiger partial charge in [0.1, 0.15) is 6.10 Å². The molecule has 5 N–H and O–H groups in total. The van der Waals surface area contributed by atoms with Crippen LogP contribution >= 0.6 is 7.75 Å². The van der Waals surface area contributed by atoms with Crippen molar-refractivity contribution in [1.82, 2.24) is 0 Å². The van der Waals surface area contributed by atoms with E-state index >= 15 is 0 Å². The van der Waals surface area contributed by atoms with E-state index in [0.717, 1.165) is 0 Å². The molecule has 1 aliphatic heterocycles. The van der Waals surface area contributed by atoms with Gasteiger partial charge in [-0.2, -0.15) is 5.11 Å². The van der Waals surface area contributed by atoms with Crippen LogP contribution in [0.4, 0.5) is 0 Å². The number of nitrogens with one attached hydrogen (secondary N) is 1. The Morgan fingerprint density at radius 1 is 1.79 bits per heavy atom. The number of hydrogen-bond acceptors (Lipinski definition) is 6. The van der Waals surface area contributed by atoms with Gasteiger partial charge in [0.2, 0.25) is 0 Å². The minimum absolute atomic E-state index is 0.201. The zero-order valence-electron chi connectivity index (χ0n) is 7.24. The van der Waals surface area contributed by atoms with Gasteiger partial charge < -0.3 is 14.7 Å². The normalized spacial score (nSPS) is 36.6. The van der Waals surface area contributed by atoms with Crippen molar-refractivity contribution >= 4 is 7.75 Å². The van der Waals surface area contributed by atoms with Crippen molar-refractivity contribution in [2.24, 2.45) is 10.6 Å². The Balaban J connectivity index is 2.35. The van der Waals surface area contributed by atoms with Gasteiger partial charge in [-0.1, -0.05) is 0 Å². The lowest BCUT2D eigenvalue weighted by molar-refractivity contribution is -0.00675. The molecular formula is C5H12N3O5P. The molecule has 9 heteroatoms. The molecule has 4 atom stereocenters. The molecule has 82 valence electrons. The van der Waals surface area contributed by atoms with E-state index in [0.29, 0.717) is 0 Å². The van der Waals surface area contributed by atoms with Crippen molar-refractivity contribution in [1.29, 1.82) is 5.53 Å². The Morgan fingerprint density at radius 2 is 2.43 bits per heavy atom. The molecule has 1 heterocycles. The van der Waals surface area contributed by atoms with E-state index in [9.17, 15) is 9.67 Å². The average molecular weight is 225 g/mol. The summed E-state index contributed by atoms with van der Waals surface area (Å²) >= 11 is 0. The standard InChI is InChI=1S/C5H12N3O5P/c6-8-5-4(9)1-3(13-5)2-12-14(7,10)11/h3-6,9H,1-2H2,(H3,7,10,11)/t3-,4-,5+/m0/s1. The quantitative estimate of drug-likeness (QED) is 0.378. The smallest absolute Gasteiger partial charge is 0.388 e. The summed E-state index contributed by atoms with van der Waals surface area (Å²) in [6, 6.07) is 0. The van der Waals surface area contributed by atoms with Crippen LogP contribution in [0.1, 0.15) is 6.42 Å². The minimum atomic E-state index is -4.01. The number of aliphatic hydroxyl groups excluding tert-OH is 1. The van der Waals surface area contributed by atoms with Gasteiger partial charge in [0, 0.05) is 6.42 Å². The summed E-state index contributed by atoms with van der Waals surface area (Å²) in [6.07, 6.45) is -2.16. The Hall–Kier alpha value is -0.370. The Kier molecular flexibility index (Phi) is 3.71. The number of nitrogens with two attached hydrogens (primary N) is 1. The first-order valence-corrected chi connectivity index (χ1v) is 5.53. The molecule has 8 nitrogen and oxygen atoms in total. The third-order valence-electron chi connectivity index (χ3n) is 1.74. The fraction of sp³-hybridized carbons (Fsp3) is 1.00. The van der Waals surface area contributed by atoms with E-state index in [-0.39, 0.29) is 13.0 Å². The van der Waals surface area contributed by atoms with Crippen molar-refractivity contribution in [3.8, 4) is 0 Å². The van der Waals surface area contributed by atoms with Crippen LogP contribution < -0.4 is 5.50 Å². The summed E-state index contributed by atoms with van der Waals surface area (Å²) < 4.78 is 19.9. The molecule has 1 saturated heterocycles. The van der Waals surface area contributed by atoms with Gasteiger partial charge in [0.15, 0.2) is 6.23 Å². The fourth-order valence-electron chi connectivity index (χ4n) is 1.14. The van der Waals surface area contributed by atoms with E-state index in [1.807, 2.05) is 0 Å². The molecule has 1 fully saturated rings. The van der Waals surface area contributed by atoms with Crippen LogP contribution in [0.15, 0.2) is 5.11 Å². The van der Waals surface area contributed by atoms with Crippen molar-refractivity contribution in [3.63, 3.8) is 0 Å². The van der Waals surface area contributed by atoms with Gasteiger partial charge in [-0.05, 0) is 0 Å². The molecule has 1 rings (SSSR count). The molecule has 0 radical (unpaired) electrons. The van der Waals surface area contributed by atoms with Gasteiger partial charge in [0.25, 0.3) is 0 Å². The van der Waals surface area contributed by atoms with Crippen molar-refractivity contribution in [2.75, 3.05) is 6.61 Å². The third kappa shape index (κ3) is 3.41. The SMILES string of the molecule is N=N[C@@H]1O[C@H](COP(N)(=O)O)C[C@@H]1O.